The molecule has 2 nitrogen and oxygen atoms in total. The second kappa shape index (κ2) is 8.25. The maximum Gasteiger partial charge on any atom is 0.137 e. The van der Waals surface area contributed by atoms with Gasteiger partial charge in [-0.25, -0.2) is 4.39 Å². The Morgan fingerprint density at radius 1 is 1.38 bits per heavy atom. The van der Waals surface area contributed by atoms with Crippen molar-refractivity contribution in [2.75, 3.05) is 13.2 Å². The van der Waals surface area contributed by atoms with Crippen LogP contribution < -0.4 is 5.32 Å². The molecule has 2 rings (SSSR count). The van der Waals surface area contributed by atoms with Crippen LogP contribution in [-0.4, -0.2) is 19.3 Å². The molecule has 1 aliphatic rings. The molecule has 0 amide bonds. The molecule has 1 fully saturated rings. The van der Waals surface area contributed by atoms with Crippen molar-refractivity contribution < 1.29 is 9.13 Å². The van der Waals surface area contributed by atoms with E-state index in [1.54, 1.807) is 6.07 Å². The van der Waals surface area contributed by atoms with Gasteiger partial charge >= 0.3 is 0 Å². The molecule has 1 aromatic carbocycles. The van der Waals surface area contributed by atoms with E-state index in [1.807, 2.05) is 12.1 Å². The smallest absolute Gasteiger partial charge is 0.137 e. The number of hydrogen-bond donors (Lipinski definition) is 1. The summed E-state index contributed by atoms with van der Waals surface area (Å²) in [6, 6.07) is 5.64. The van der Waals surface area contributed by atoms with Crippen molar-refractivity contribution in [2.45, 2.75) is 51.7 Å². The van der Waals surface area contributed by atoms with Crippen LogP contribution in [0.2, 0.25) is 0 Å². The fourth-order valence-electron chi connectivity index (χ4n) is 2.96. The molecular formula is C17H25BrFNO. The largest absolute Gasteiger partial charge is 0.378 e. The van der Waals surface area contributed by atoms with Crippen molar-refractivity contribution in [1.82, 2.24) is 5.32 Å². The van der Waals surface area contributed by atoms with E-state index in [2.05, 4.69) is 35.1 Å². The highest BCUT2D eigenvalue weighted by Gasteiger charge is 2.31. The van der Waals surface area contributed by atoms with Crippen molar-refractivity contribution >= 4 is 15.9 Å². The van der Waals surface area contributed by atoms with E-state index in [-0.39, 0.29) is 5.82 Å². The topological polar surface area (TPSA) is 21.3 Å². The highest BCUT2D eigenvalue weighted by atomic mass is 79.9. The van der Waals surface area contributed by atoms with Crippen LogP contribution in [0.5, 0.6) is 0 Å². The van der Waals surface area contributed by atoms with Gasteiger partial charge in [-0.2, -0.15) is 0 Å². The molecule has 0 aromatic heterocycles. The molecule has 0 saturated heterocycles. The number of hydrogen-bond acceptors (Lipinski definition) is 2. The summed E-state index contributed by atoms with van der Waals surface area (Å²) in [4.78, 5) is 0. The third-order valence-corrected chi connectivity index (χ3v) is 4.76. The molecule has 1 unspecified atom stereocenters. The Bertz CT molecular complexity index is 448. The van der Waals surface area contributed by atoms with Crippen molar-refractivity contribution in [3.05, 3.63) is 34.1 Å². The first-order valence-corrected chi connectivity index (χ1v) is 8.73. The van der Waals surface area contributed by atoms with E-state index in [0.29, 0.717) is 22.5 Å². The number of rotatable bonds is 8. The molecule has 1 aliphatic carbocycles. The second-order valence-electron chi connectivity index (χ2n) is 5.83. The molecule has 0 heterocycles. The SMILES string of the molecule is CCCNC(CC1CC(OCC)C1)c1ccc(F)c(Br)c1. The number of ether oxygens (including phenoxy) is 1. The Hall–Kier alpha value is -0.450. The third kappa shape index (κ3) is 4.76. The normalized spacial score (nSPS) is 22.9. The van der Waals surface area contributed by atoms with Crippen molar-refractivity contribution in [3.63, 3.8) is 0 Å². The van der Waals surface area contributed by atoms with E-state index in [0.717, 1.165) is 44.4 Å². The lowest BCUT2D eigenvalue weighted by Gasteiger charge is -2.37. The summed E-state index contributed by atoms with van der Waals surface area (Å²) in [5, 5.41) is 3.59. The van der Waals surface area contributed by atoms with E-state index < -0.39 is 0 Å². The Morgan fingerprint density at radius 2 is 2.14 bits per heavy atom. The highest BCUT2D eigenvalue weighted by molar-refractivity contribution is 9.10. The average Bonchev–Trinajstić information content (AvgIpc) is 2.43. The lowest BCUT2D eigenvalue weighted by Crippen LogP contribution is -2.35. The van der Waals surface area contributed by atoms with Crippen LogP contribution in [0.15, 0.2) is 22.7 Å². The van der Waals surface area contributed by atoms with Gasteiger partial charge in [-0.15, -0.1) is 0 Å². The monoisotopic (exact) mass is 357 g/mol. The fourth-order valence-corrected chi connectivity index (χ4v) is 3.35. The van der Waals surface area contributed by atoms with E-state index in [9.17, 15) is 4.39 Å². The van der Waals surface area contributed by atoms with Gasteiger partial charge in [0.05, 0.1) is 10.6 Å². The molecule has 1 N–H and O–H groups in total. The maximum atomic E-state index is 13.4. The first-order valence-electron chi connectivity index (χ1n) is 7.93. The lowest BCUT2D eigenvalue weighted by atomic mass is 9.77. The quantitative estimate of drug-likeness (QED) is 0.718. The second-order valence-corrected chi connectivity index (χ2v) is 6.69. The van der Waals surface area contributed by atoms with Crippen LogP contribution in [0.3, 0.4) is 0 Å². The Labute approximate surface area is 135 Å². The Kier molecular flexibility index (Phi) is 6.65. The molecule has 0 aliphatic heterocycles. The summed E-state index contributed by atoms with van der Waals surface area (Å²) in [5.74, 6) is 0.507. The van der Waals surface area contributed by atoms with E-state index in [1.165, 1.54) is 0 Å². The standard InChI is InChI=1S/C17H25BrFNO/c1-3-7-20-17(10-12-8-14(9-12)21-4-2)13-5-6-16(19)15(18)11-13/h5-6,11-12,14,17,20H,3-4,7-10H2,1-2H3. The van der Waals surface area contributed by atoms with Crippen LogP contribution in [-0.2, 0) is 4.74 Å². The zero-order chi connectivity index (χ0) is 15.2. The average molecular weight is 358 g/mol. The van der Waals surface area contributed by atoms with Gasteiger partial charge in [0.1, 0.15) is 5.82 Å². The molecule has 0 bridgehead atoms. The minimum absolute atomic E-state index is 0.201. The van der Waals surface area contributed by atoms with E-state index >= 15 is 0 Å². The maximum absolute atomic E-state index is 13.4. The van der Waals surface area contributed by atoms with Crippen molar-refractivity contribution in [3.8, 4) is 0 Å². The fraction of sp³-hybridized carbons (Fsp3) is 0.647. The van der Waals surface area contributed by atoms with Gasteiger partial charge in [0, 0.05) is 12.6 Å². The van der Waals surface area contributed by atoms with Gasteiger partial charge in [0.2, 0.25) is 0 Å². The van der Waals surface area contributed by atoms with Crippen molar-refractivity contribution in [1.29, 1.82) is 0 Å². The zero-order valence-corrected chi connectivity index (χ0v) is 14.5. The summed E-state index contributed by atoms with van der Waals surface area (Å²) in [6.45, 7) is 6.01. The Balaban J connectivity index is 1.96. The molecule has 4 heteroatoms. The van der Waals surface area contributed by atoms with E-state index in [4.69, 9.17) is 4.74 Å². The van der Waals surface area contributed by atoms with Gasteiger partial charge in [-0.1, -0.05) is 13.0 Å². The van der Waals surface area contributed by atoms with Crippen molar-refractivity contribution in [2.24, 2.45) is 5.92 Å². The number of benzene rings is 1. The summed E-state index contributed by atoms with van der Waals surface area (Å²) >= 11 is 3.29. The first-order chi connectivity index (χ1) is 10.1. The van der Waals surface area contributed by atoms with Crippen LogP contribution >= 0.6 is 15.9 Å². The third-order valence-electron chi connectivity index (χ3n) is 4.15. The minimum atomic E-state index is -0.201. The number of nitrogens with one attached hydrogen (secondary N) is 1. The molecular weight excluding hydrogens is 333 g/mol. The van der Waals surface area contributed by atoms with Crippen LogP contribution in [0, 0.1) is 11.7 Å². The van der Waals surface area contributed by atoms with Gasteiger partial charge in [0.15, 0.2) is 0 Å². The van der Waals surface area contributed by atoms with Crippen LogP contribution in [0.25, 0.3) is 0 Å². The summed E-state index contributed by atoms with van der Waals surface area (Å²) in [7, 11) is 0. The molecule has 1 saturated carbocycles. The van der Waals surface area contributed by atoms with Gasteiger partial charge in [-0.05, 0) is 78.7 Å². The van der Waals surface area contributed by atoms with Crippen LogP contribution in [0.4, 0.5) is 4.39 Å². The predicted molar refractivity (Wildman–Crippen MR) is 87.9 cm³/mol. The summed E-state index contributed by atoms with van der Waals surface area (Å²) in [5.41, 5.74) is 1.16. The molecule has 1 aromatic rings. The summed E-state index contributed by atoms with van der Waals surface area (Å²) < 4.78 is 19.6. The molecule has 21 heavy (non-hydrogen) atoms. The van der Waals surface area contributed by atoms with Gasteiger partial charge < -0.3 is 10.1 Å². The molecule has 118 valence electrons. The molecule has 0 spiro atoms. The Morgan fingerprint density at radius 3 is 2.76 bits per heavy atom. The first kappa shape index (κ1) is 16.9. The van der Waals surface area contributed by atoms with Crippen LogP contribution in [0.1, 0.15) is 51.1 Å². The summed E-state index contributed by atoms with van der Waals surface area (Å²) in [6.07, 6.45) is 4.96. The molecule has 0 radical (unpaired) electrons. The van der Waals surface area contributed by atoms with Gasteiger partial charge in [0.25, 0.3) is 0 Å². The minimum Gasteiger partial charge on any atom is -0.378 e. The predicted octanol–water partition coefficient (Wildman–Crippen LogP) is 4.83. The van der Waals surface area contributed by atoms with Gasteiger partial charge in [-0.3, -0.25) is 0 Å². The zero-order valence-electron chi connectivity index (χ0n) is 12.9. The highest BCUT2D eigenvalue weighted by Crippen LogP contribution is 2.37. The molecule has 1 atom stereocenters. The lowest BCUT2D eigenvalue weighted by molar-refractivity contribution is -0.0291. The number of halogens is 2.